The molecule has 2 N–H and O–H groups in total. The lowest BCUT2D eigenvalue weighted by Gasteiger charge is -2.07. The van der Waals surface area contributed by atoms with Gasteiger partial charge in [0.2, 0.25) is 5.95 Å². The third-order valence-electron chi connectivity index (χ3n) is 3.43. The van der Waals surface area contributed by atoms with Crippen LogP contribution in [0, 0.1) is 0 Å². The highest BCUT2D eigenvalue weighted by atomic mass is 16.2. The summed E-state index contributed by atoms with van der Waals surface area (Å²) in [6.45, 7) is 0.629. The van der Waals surface area contributed by atoms with E-state index in [2.05, 4.69) is 27.8 Å². The van der Waals surface area contributed by atoms with Gasteiger partial charge in [-0.25, -0.2) is 9.78 Å². The normalized spacial score (nSPS) is 10.5. The standard InChI is InChI=1S/C17H18N4O/c22-17(18-11-6-9-14-7-2-1-3-8-14)20-16-19-13-15-10-4-5-12-21(15)16/h1-5,7-8,10,12-13H,6,9,11H2,(H2,18,19,20,22). The van der Waals surface area contributed by atoms with Crippen molar-refractivity contribution in [1.82, 2.24) is 14.7 Å². The zero-order chi connectivity index (χ0) is 15.2. The molecule has 3 aromatic rings. The highest BCUT2D eigenvalue weighted by molar-refractivity contribution is 5.87. The third kappa shape index (κ3) is 3.44. The summed E-state index contributed by atoms with van der Waals surface area (Å²) in [5, 5.41) is 5.62. The van der Waals surface area contributed by atoms with E-state index in [4.69, 9.17) is 0 Å². The van der Waals surface area contributed by atoms with Crippen molar-refractivity contribution in [2.45, 2.75) is 12.8 Å². The highest BCUT2D eigenvalue weighted by Crippen LogP contribution is 2.10. The second-order valence-electron chi connectivity index (χ2n) is 5.05. The largest absolute Gasteiger partial charge is 0.338 e. The molecule has 0 saturated heterocycles. The Bertz CT molecular complexity index is 751. The van der Waals surface area contributed by atoms with Crippen LogP contribution in [0.1, 0.15) is 12.0 Å². The average molecular weight is 294 g/mol. The van der Waals surface area contributed by atoms with Crippen LogP contribution in [0.2, 0.25) is 0 Å². The maximum Gasteiger partial charge on any atom is 0.321 e. The van der Waals surface area contributed by atoms with Gasteiger partial charge in [0.25, 0.3) is 0 Å². The van der Waals surface area contributed by atoms with Crippen molar-refractivity contribution in [3.05, 3.63) is 66.5 Å². The van der Waals surface area contributed by atoms with E-state index in [1.54, 1.807) is 6.20 Å². The van der Waals surface area contributed by atoms with Gasteiger partial charge < -0.3 is 5.32 Å². The number of imidazole rings is 1. The first-order valence-electron chi connectivity index (χ1n) is 7.34. The molecule has 0 bridgehead atoms. The van der Waals surface area contributed by atoms with Gasteiger partial charge in [0.15, 0.2) is 0 Å². The molecule has 2 aromatic heterocycles. The van der Waals surface area contributed by atoms with Crippen LogP contribution in [-0.4, -0.2) is 22.0 Å². The fourth-order valence-electron chi connectivity index (χ4n) is 2.32. The molecule has 1 aromatic carbocycles. The van der Waals surface area contributed by atoms with Crippen LogP contribution in [-0.2, 0) is 6.42 Å². The monoisotopic (exact) mass is 294 g/mol. The number of hydrogen-bond donors (Lipinski definition) is 2. The number of nitrogens with zero attached hydrogens (tertiary/aromatic N) is 2. The third-order valence-corrected chi connectivity index (χ3v) is 3.43. The molecule has 0 aliphatic rings. The number of aryl methyl sites for hydroxylation is 1. The first kappa shape index (κ1) is 14.1. The molecule has 0 unspecified atom stereocenters. The van der Waals surface area contributed by atoms with Crippen LogP contribution in [0.3, 0.4) is 0 Å². The second-order valence-corrected chi connectivity index (χ2v) is 5.05. The van der Waals surface area contributed by atoms with Crippen LogP contribution < -0.4 is 10.6 Å². The average Bonchev–Trinajstić information content (AvgIpc) is 2.96. The number of carbonyl (C=O) groups is 1. The van der Waals surface area contributed by atoms with Crippen molar-refractivity contribution in [3.63, 3.8) is 0 Å². The smallest absolute Gasteiger partial charge is 0.321 e. The minimum Gasteiger partial charge on any atom is -0.338 e. The van der Waals surface area contributed by atoms with E-state index >= 15 is 0 Å². The van der Waals surface area contributed by atoms with Crippen molar-refractivity contribution in [2.24, 2.45) is 0 Å². The van der Waals surface area contributed by atoms with Crippen molar-refractivity contribution in [1.29, 1.82) is 0 Å². The van der Waals surface area contributed by atoms with Gasteiger partial charge in [-0.1, -0.05) is 36.4 Å². The number of rotatable bonds is 5. The molecule has 0 spiro atoms. The number of hydrogen-bond acceptors (Lipinski definition) is 2. The number of aromatic nitrogens is 2. The van der Waals surface area contributed by atoms with Gasteiger partial charge in [-0.2, -0.15) is 0 Å². The molecule has 0 aliphatic heterocycles. The summed E-state index contributed by atoms with van der Waals surface area (Å²) in [5.41, 5.74) is 2.23. The Kier molecular flexibility index (Phi) is 4.34. The Balaban J connectivity index is 1.47. The highest BCUT2D eigenvalue weighted by Gasteiger charge is 2.06. The Hall–Kier alpha value is -2.82. The van der Waals surface area contributed by atoms with Gasteiger partial charge in [-0.15, -0.1) is 0 Å². The fraction of sp³-hybridized carbons (Fsp3) is 0.176. The second kappa shape index (κ2) is 6.76. The van der Waals surface area contributed by atoms with Crippen molar-refractivity contribution >= 4 is 17.5 Å². The van der Waals surface area contributed by atoms with E-state index in [9.17, 15) is 4.79 Å². The zero-order valence-corrected chi connectivity index (χ0v) is 12.2. The summed E-state index contributed by atoms with van der Waals surface area (Å²) in [4.78, 5) is 16.1. The maximum atomic E-state index is 11.9. The SMILES string of the molecule is O=C(NCCCc1ccccc1)Nc1ncc2ccccn12. The first-order valence-corrected chi connectivity index (χ1v) is 7.34. The molecular weight excluding hydrogens is 276 g/mol. The summed E-state index contributed by atoms with van der Waals surface area (Å²) < 4.78 is 1.84. The van der Waals surface area contributed by atoms with Gasteiger partial charge in [-0.3, -0.25) is 9.72 Å². The molecule has 0 saturated carbocycles. The molecule has 3 rings (SSSR count). The number of fused-ring (bicyclic) bond motifs is 1. The van der Waals surface area contributed by atoms with Crippen LogP contribution in [0.5, 0.6) is 0 Å². The van der Waals surface area contributed by atoms with Gasteiger partial charge in [0.1, 0.15) is 0 Å². The molecule has 5 heteroatoms. The maximum absolute atomic E-state index is 11.9. The van der Waals surface area contributed by atoms with E-state index in [1.807, 2.05) is 47.0 Å². The number of carbonyl (C=O) groups excluding carboxylic acids is 1. The Morgan fingerprint density at radius 2 is 1.91 bits per heavy atom. The lowest BCUT2D eigenvalue weighted by molar-refractivity contribution is 0.252. The molecule has 0 radical (unpaired) electrons. The number of amides is 2. The van der Waals surface area contributed by atoms with Gasteiger partial charge in [0.05, 0.1) is 11.7 Å². The van der Waals surface area contributed by atoms with Gasteiger partial charge >= 0.3 is 6.03 Å². The summed E-state index contributed by atoms with van der Waals surface area (Å²) in [6.07, 6.45) is 5.45. The summed E-state index contributed by atoms with van der Waals surface area (Å²) in [5.74, 6) is 0.524. The lowest BCUT2D eigenvalue weighted by Crippen LogP contribution is -2.30. The molecule has 0 aliphatic carbocycles. The van der Waals surface area contributed by atoms with Crippen LogP contribution >= 0.6 is 0 Å². The Labute approximate surface area is 129 Å². The summed E-state index contributed by atoms with van der Waals surface area (Å²) in [7, 11) is 0. The quantitative estimate of drug-likeness (QED) is 0.710. The lowest BCUT2D eigenvalue weighted by atomic mass is 10.1. The minimum absolute atomic E-state index is 0.232. The van der Waals surface area contributed by atoms with E-state index in [-0.39, 0.29) is 6.03 Å². The van der Waals surface area contributed by atoms with Gasteiger partial charge in [-0.05, 0) is 30.5 Å². The number of urea groups is 1. The molecule has 0 fully saturated rings. The van der Waals surface area contributed by atoms with E-state index < -0.39 is 0 Å². The topological polar surface area (TPSA) is 58.4 Å². The van der Waals surface area contributed by atoms with Crippen molar-refractivity contribution < 1.29 is 4.79 Å². The predicted octanol–water partition coefficient (Wildman–Crippen LogP) is 3.09. The number of anilines is 1. The molecule has 112 valence electrons. The molecule has 2 heterocycles. The van der Waals surface area contributed by atoms with Crippen LogP contribution in [0.15, 0.2) is 60.9 Å². The van der Waals surface area contributed by atoms with E-state index in [1.165, 1.54) is 5.56 Å². The minimum atomic E-state index is -0.232. The zero-order valence-electron chi connectivity index (χ0n) is 12.2. The fourth-order valence-corrected chi connectivity index (χ4v) is 2.32. The van der Waals surface area contributed by atoms with Crippen LogP contribution in [0.4, 0.5) is 10.7 Å². The first-order chi connectivity index (χ1) is 10.8. The van der Waals surface area contributed by atoms with E-state index in [0.29, 0.717) is 12.5 Å². The molecular formula is C17H18N4O. The van der Waals surface area contributed by atoms with Crippen molar-refractivity contribution in [3.8, 4) is 0 Å². The van der Waals surface area contributed by atoms with E-state index in [0.717, 1.165) is 18.4 Å². The number of benzene rings is 1. The Morgan fingerprint density at radius 3 is 2.77 bits per heavy atom. The molecule has 5 nitrogen and oxygen atoms in total. The van der Waals surface area contributed by atoms with Gasteiger partial charge in [0, 0.05) is 12.7 Å². The predicted molar refractivity (Wildman–Crippen MR) is 87.0 cm³/mol. The summed E-state index contributed by atoms with van der Waals surface area (Å²) in [6, 6.07) is 15.8. The van der Waals surface area contributed by atoms with Crippen LogP contribution in [0.25, 0.3) is 5.52 Å². The summed E-state index contributed by atoms with van der Waals surface area (Å²) >= 11 is 0. The molecule has 2 amide bonds. The Morgan fingerprint density at radius 1 is 1.09 bits per heavy atom. The number of nitrogens with one attached hydrogen (secondary N) is 2. The molecule has 0 atom stereocenters. The van der Waals surface area contributed by atoms with Crippen molar-refractivity contribution in [2.75, 3.05) is 11.9 Å². The molecule has 22 heavy (non-hydrogen) atoms. The number of pyridine rings is 1.